The van der Waals surface area contributed by atoms with Gasteiger partial charge >= 0.3 is 0 Å². The molecular weight excluding hydrogens is 200 g/mol. The third kappa shape index (κ3) is 2.89. The SMILES string of the molecule is CC[C@H]1O[C@@H](OC(C)C)[C@@H](O)[C@@H](O)[C@@H]1O. The number of aliphatic hydroxyl groups is 3. The molecule has 1 saturated heterocycles. The molecule has 0 radical (unpaired) electrons. The topological polar surface area (TPSA) is 79.2 Å². The second-order valence-electron chi connectivity index (χ2n) is 4.11. The molecule has 1 fully saturated rings. The maximum absolute atomic E-state index is 9.61. The maximum Gasteiger partial charge on any atom is 0.186 e. The van der Waals surface area contributed by atoms with Gasteiger partial charge in [-0.3, -0.25) is 0 Å². The van der Waals surface area contributed by atoms with Crippen molar-refractivity contribution in [3.8, 4) is 0 Å². The summed E-state index contributed by atoms with van der Waals surface area (Å²) >= 11 is 0. The fraction of sp³-hybridized carbons (Fsp3) is 1.00. The van der Waals surface area contributed by atoms with Crippen LogP contribution in [-0.2, 0) is 9.47 Å². The van der Waals surface area contributed by atoms with Crippen LogP contribution in [0.2, 0.25) is 0 Å². The van der Waals surface area contributed by atoms with Crippen LogP contribution in [0, 0.1) is 0 Å². The molecule has 0 unspecified atom stereocenters. The van der Waals surface area contributed by atoms with Crippen molar-refractivity contribution in [3.05, 3.63) is 0 Å². The summed E-state index contributed by atoms with van der Waals surface area (Å²) in [7, 11) is 0. The standard InChI is InChI=1S/C10H20O5/c1-4-6-7(11)8(12)9(13)10(15-6)14-5(2)3/h5-13H,4H2,1-3H3/t6-,7-,8+,9+,10-/m1/s1. The number of hydrogen-bond donors (Lipinski definition) is 3. The molecule has 0 spiro atoms. The minimum Gasteiger partial charge on any atom is -0.388 e. The van der Waals surface area contributed by atoms with Gasteiger partial charge in [0.2, 0.25) is 0 Å². The van der Waals surface area contributed by atoms with E-state index >= 15 is 0 Å². The van der Waals surface area contributed by atoms with Gasteiger partial charge in [-0.25, -0.2) is 0 Å². The van der Waals surface area contributed by atoms with Crippen LogP contribution in [0.4, 0.5) is 0 Å². The largest absolute Gasteiger partial charge is 0.388 e. The summed E-state index contributed by atoms with van der Waals surface area (Å²) in [5.74, 6) is 0. The highest BCUT2D eigenvalue weighted by Crippen LogP contribution is 2.24. The van der Waals surface area contributed by atoms with Crippen molar-refractivity contribution >= 4 is 0 Å². The van der Waals surface area contributed by atoms with E-state index in [1.54, 1.807) is 0 Å². The molecule has 0 saturated carbocycles. The average molecular weight is 220 g/mol. The van der Waals surface area contributed by atoms with Gasteiger partial charge in [-0.2, -0.15) is 0 Å². The van der Waals surface area contributed by atoms with Crippen molar-refractivity contribution in [2.24, 2.45) is 0 Å². The lowest BCUT2D eigenvalue weighted by Crippen LogP contribution is -2.58. The second kappa shape index (κ2) is 5.23. The lowest BCUT2D eigenvalue weighted by atomic mass is 9.97. The minimum absolute atomic E-state index is 0.107. The number of rotatable bonds is 3. The number of hydrogen-bond acceptors (Lipinski definition) is 5. The van der Waals surface area contributed by atoms with Crippen molar-refractivity contribution in [3.63, 3.8) is 0 Å². The lowest BCUT2D eigenvalue weighted by molar-refractivity contribution is -0.304. The van der Waals surface area contributed by atoms with E-state index in [1.165, 1.54) is 0 Å². The van der Waals surface area contributed by atoms with Crippen LogP contribution in [0.25, 0.3) is 0 Å². The Kier molecular flexibility index (Phi) is 4.48. The van der Waals surface area contributed by atoms with Gasteiger partial charge in [-0.15, -0.1) is 0 Å². The molecule has 1 rings (SSSR count). The molecule has 1 heterocycles. The van der Waals surface area contributed by atoms with E-state index in [4.69, 9.17) is 9.47 Å². The molecular formula is C10H20O5. The van der Waals surface area contributed by atoms with Crippen molar-refractivity contribution in [2.45, 2.75) is 64.0 Å². The van der Waals surface area contributed by atoms with Gasteiger partial charge in [0.15, 0.2) is 6.29 Å². The highest BCUT2D eigenvalue weighted by molar-refractivity contribution is 4.88. The fourth-order valence-corrected chi connectivity index (χ4v) is 1.63. The summed E-state index contributed by atoms with van der Waals surface area (Å²) in [5.41, 5.74) is 0. The molecule has 5 atom stereocenters. The molecule has 15 heavy (non-hydrogen) atoms. The van der Waals surface area contributed by atoms with Crippen LogP contribution in [0.1, 0.15) is 27.2 Å². The van der Waals surface area contributed by atoms with E-state index in [9.17, 15) is 15.3 Å². The van der Waals surface area contributed by atoms with E-state index in [0.717, 1.165) is 0 Å². The minimum atomic E-state index is -1.22. The zero-order chi connectivity index (χ0) is 11.6. The van der Waals surface area contributed by atoms with Crippen LogP contribution in [0.15, 0.2) is 0 Å². The van der Waals surface area contributed by atoms with Crippen LogP contribution in [-0.4, -0.2) is 52.1 Å². The van der Waals surface area contributed by atoms with Crippen LogP contribution >= 0.6 is 0 Å². The third-order valence-corrected chi connectivity index (χ3v) is 2.48. The van der Waals surface area contributed by atoms with Crippen molar-refractivity contribution in [1.29, 1.82) is 0 Å². The molecule has 0 aromatic heterocycles. The first-order valence-electron chi connectivity index (χ1n) is 5.32. The van der Waals surface area contributed by atoms with Gasteiger partial charge in [0.25, 0.3) is 0 Å². The second-order valence-corrected chi connectivity index (χ2v) is 4.11. The maximum atomic E-state index is 9.61. The summed E-state index contributed by atoms with van der Waals surface area (Å²) in [6.07, 6.45) is -4.39. The predicted molar refractivity (Wildman–Crippen MR) is 53.2 cm³/mol. The molecule has 5 nitrogen and oxygen atoms in total. The van der Waals surface area contributed by atoms with Gasteiger partial charge in [0.1, 0.15) is 18.3 Å². The van der Waals surface area contributed by atoms with Gasteiger partial charge in [0, 0.05) is 0 Å². The molecule has 1 aliphatic heterocycles. The molecule has 3 N–H and O–H groups in total. The van der Waals surface area contributed by atoms with Gasteiger partial charge in [-0.05, 0) is 20.3 Å². The Morgan fingerprint density at radius 3 is 2.20 bits per heavy atom. The Morgan fingerprint density at radius 1 is 1.13 bits per heavy atom. The Labute approximate surface area is 89.6 Å². The highest BCUT2D eigenvalue weighted by atomic mass is 16.7. The lowest BCUT2D eigenvalue weighted by Gasteiger charge is -2.40. The molecule has 0 aliphatic carbocycles. The zero-order valence-electron chi connectivity index (χ0n) is 9.33. The quantitative estimate of drug-likeness (QED) is 0.604. The van der Waals surface area contributed by atoms with Crippen molar-refractivity contribution in [2.75, 3.05) is 0 Å². The first kappa shape index (κ1) is 12.9. The Bertz CT molecular complexity index is 194. The summed E-state index contributed by atoms with van der Waals surface area (Å²) in [6.45, 7) is 5.47. The molecule has 90 valence electrons. The zero-order valence-corrected chi connectivity index (χ0v) is 9.33. The molecule has 0 aromatic carbocycles. The molecule has 5 heteroatoms. The Morgan fingerprint density at radius 2 is 1.73 bits per heavy atom. The van der Waals surface area contributed by atoms with E-state index in [2.05, 4.69) is 0 Å². The summed E-state index contributed by atoms with van der Waals surface area (Å²) in [5, 5.41) is 28.8. The van der Waals surface area contributed by atoms with Crippen LogP contribution in [0.5, 0.6) is 0 Å². The van der Waals surface area contributed by atoms with E-state index < -0.39 is 30.7 Å². The molecule has 0 bridgehead atoms. The smallest absolute Gasteiger partial charge is 0.186 e. The average Bonchev–Trinajstić information content (AvgIpc) is 2.18. The number of ether oxygens (including phenoxy) is 2. The van der Waals surface area contributed by atoms with Crippen molar-refractivity contribution < 1.29 is 24.8 Å². The van der Waals surface area contributed by atoms with Crippen LogP contribution in [0.3, 0.4) is 0 Å². The first-order chi connectivity index (χ1) is 6.97. The highest BCUT2D eigenvalue weighted by Gasteiger charge is 2.43. The summed E-state index contributed by atoms with van der Waals surface area (Å²) in [4.78, 5) is 0. The van der Waals surface area contributed by atoms with E-state index in [1.807, 2.05) is 20.8 Å². The monoisotopic (exact) mass is 220 g/mol. The van der Waals surface area contributed by atoms with Crippen LogP contribution < -0.4 is 0 Å². The Balaban J connectivity index is 2.65. The Hall–Kier alpha value is -0.200. The summed E-state index contributed by atoms with van der Waals surface area (Å²) in [6, 6.07) is 0. The predicted octanol–water partition coefficient (Wildman–Crippen LogP) is -0.371. The molecule has 0 aromatic rings. The normalized spacial score (nSPS) is 42.2. The first-order valence-corrected chi connectivity index (χ1v) is 5.32. The van der Waals surface area contributed by atoms with Crippen molar-refractivity contribution in [1.82, 2.24) is 0 Å². The molecule has 0 amide bonds. The fourth-order valence-electron chi connectivity index (χ4n) is 1.63. The third-order valence-electron chi connectivity index (χ3n) is 2.48. The summed E-state index contributed by atoms with van der Waals surface area (Å²) < 4.78 is 10.7. The van der Waals surface area contributed by atoms with E-state index in [0.29, 0.717) is 6.42 Å². The molecule has 1 aliphatic rings. The van der Waals surface area contributed by atoms with E-state index in [-0.39, 0.29) is 6.10 Å². The van der Waals surface area contributed by atoms with Gasteiger partial charge in [-0.1, -0.05) is 6.92 Å². The van der Waals surface area contributed by atoms with Gasteiger partial charge in [0.05, 0.1) is 12.2 Å². The number of aliphatic hydroxyl groups excluding tert-OH is 3. The van der Waals surface area contributed by atoms with Gasteiger partial charge < -0.3 is 24.8 Å².